The maximum absolute atomic E-state index is 10.1. The fraction of sp³-hybridized carbons (Fsp3) is 0.774. The second-order valence-electron chi connectivity index (χ2n) is 10.1. The largest absolute Gasteiger partial charge is 0.545 e. The van der Waals surface area contributed by atoms with E-state index in [-0.39, 0.29) is 5.56 Å². The Morgan fingerprint density at radius 2 is 0.882 bits per heavy atom. The summed E-state index contributed by atoms with van der Waals surface area (Å²) in [6.07, 6.45) is 22.8. The number of nitrogens with zero attached hydrogens (tertiary/aromatic N) is 1. The molecule has 0 bridgehead atoms. The molecule has 0 aliphatic heterocycles. The van der Waals surface area contributed by atoms with E-state index in [2.05, 4.69) is 27.7 Å². The minimum absolute atomic E-state index is 0.220. The van der Waals surface area contributed by atoms with E-state index in [1.165, 1.54) is 146 Å². The summed E-state index contributed by atoms with van der Waals surface area (Å²) < 4.78 is 1.46. The highest BCUT2D eigenvalue weighted by Crippen LogP contribution is 2.19. The number of quaternary nitrogens is 1. The molecule has 0 saturated heterocycles. The second-order valence-corrected chi connectivity index (χ2v) is 10.1. The van der Waals surface area contributed by atoms with Crippen molar-refractivity contribution in [3.8, 4) is 0 Å². The van der Waals surface area contributed by atoms with Crippen LogP contribution in [0.2, 0.25) is 0 Å². The van der Waals surface area contributed by atoms with Gasteiger partial charge < -0.3 is 14.4 Å². The molecule has 0 radical (unpaired) electrons. The molecule has 3 nitrogen and oxygen atoms in total. The number of benzene rings is 1. The number of hydrogen-bond donors (Lipinski definition) is 0. The van der Waals surface area contributed by atoms with Gasteiger partial charge >= 0.3 is 0 Å². The van der Waals surface area contributed by atoms with E-state index in [4.69, 9.17) is 0 Å². The van der Waals surface area contributed by atoms with E-state index >= 15 is 0 Å². The number of rotatable bonds is 21. The third-order valence-electron chi connectivity index (χ3n) is 6.95. The van der Waals surface area contributed by atoms with Crippen molar-refractivity contribution in [1.29, 1.82) is 0 Å². The SMILES string of the molecule is CCCCCC[N+](CCCCCC)(CCCCCC)CCCCCC.O=C([O-])c1ccccc1. The topological polar surface area (TPSA) is 40.1 Å². The molecular weight excluding hydrogens is 418 g/mol. The van der Waals surface area contributed by atoms with Gasteiger partial charge in [-0.3, -0.25) is 0 Å². The first-order chi connectivity index (χ1) is 16.5. The van der Waals surface area contributed by atoms with Gasteiger partial charge in [0.05, 0.1) is 32.1 Å². The van der Waals surface area contributed by atoms with Crippen molar-refractivity contribution < 1.29 is 14.4 Å². The van der Waals surface area contributed by atoms with E-state index in [1.54, 1.807) is 18.2 Å². The van der Waals surface area contributed by atoms with Crippen LogP contribution in [0.25, 0.3) is 0 Å². The predicted molar refractivity (Wildman–Crippen MR) is 147 cm³/mol. The first-order valence-corrected chi connectivity index (χ1v) is 14.7. The van der Waals surface area contributed by atoms with Crippen LogP contribution in [0.3, 0.4) is 0 Å². The summed E-state index contributed by atoms with van der Waals surface area (Å²) in [5.74, 6) is -1.13. The molecule has 1 aromatic rings. The van der Waals surface area contributed by atoms with Crippen LogP contribution < -0.4 is 5.11 Å². The number of carbonyl (C=O) groups is 1. The van der Waals surface area contributed by atoms with Crippen LogP contribution >= 0.6 is 0 Å². The van der Waals surface area contributed by atoms with E-state index < -0.39 is 5.97 Å². The van der Waals surface area contributed by atoms with Crippen LogP contribution in [-0.4, -0.2) is 36.6 Å². The Balaban J connectivity index is 0.000000999. The van der Waals surface area contributed by atoms with Crippen LogP contribution in [0.15, 0.2) is 30.3 Å². The predicted octanol–water partition coefficient (Wildman–Crippen LogP) is 8.17. The quantitative estimate of drug-likeness (QED) is 0.133. The molecule has 0 spiro atoms. The maximum Gasteiger partial charge on any atom is 0.0786 e. The average Bonchev–Trinajstić information content (AvgIpc) is 2.86. The summed E-state index contributed by atoms with van der Waals surface area (Å²) in [6, 6.07) is 8.06. The third-order valence-corrected chi connectivity index (χ3v) is 6.95. The molecular formula is C31H57NO2. The van der Waals surface area contributed by atoms with E-state index in [1.807, 2.05) is 0 Å². The second kappa shape index (κ2) is 23.4. The smallest absolute Gasteiger partial charge is 0.0786 e. The van der Waals surface area contributed by atoms with Gasteiger partial charge in [0.15, 0.2) is 0 Å². The Kier molecular flexibility index (Phi) is 22.5. The third kappa shape index (κ3) is 18.0. The minimum Gasteiger partial charge on any atom is -0.545 e. The van der Waals surface area contributed by atoms with Crippen molar-refractivity contribution in [2.24, 2.45) is 0 Å². The summed E-state index contributed by atoms with van der Waals surface area (Å²) in [6.45, 7) is 15.2. The maximum atomic E-state index is 10.1. The lowest BCUT2D eigenvalue weighted by Crippen LogP contribution is -2.50. The fourth-order valence-corrected chi connectivity index (χ4v) is 4.74. The fourth-order valence-electron chi connectivity index (χ4n) is 4.74. The summed E-state index contributed by atoms with van der Waals surface area (Å²) >= 11 is 0. The number of hydrogen-bond acceptors (Lipinski definition) is 2. The van der Waals surface area contributed by atoms with Crippen molar-refractivity contribution >= 4 is 5.97 Å². The first kappa shape index (κ1) is 32.7. The highest BCUT2D eigenvalue weighted by Gasteiger charge is 2.25. The summed E-state index contributed by atoms with van der Waals surface area (Å²) in [7, 11) is 0. The van der Waals surface area contributed by atoms with Crippen molar-refractivity contribution in [1.82, 2.24) is 0 Å². The van der Waals surface area contributed by atoms with E-state index in [0.29, 0.717) is 0 Å². The average molecular weight is 476 g/mol. The molecule has 3 heteroatoms. The van der Waals surface area contributed by atoms with Crippen molar-refractivity contribution in [2.75, 3.05) is 26.2 Å². The Morgan fingerprint density at radius 3 is 1.12 bits per heavy atom. The molecule has 1 aromatic carbocycles. The molecule has 34 heavy (non-hydrogen) atoms. The Bertz CT molecular complexity index is 504. The van der Waals surface area contributed by atoms with Crippen molar-refractivity contribution in [3.63, 3.8) is 0 Å². The van der Waals surface area contributed by atoms with Gasteiger partial charge in [-0.2, -0.15) is 0 Å². The summed E-state index contributed by atoms with van der Waals surface area (Å²) in [4.78, 5) is 10.1. The van der Waals surface area contributed by atoms with Gasteiger partial charge in [-0.05, 0) is 56.9 Å². The van der Waals surface area contributed by atoms with Crippen LogP contribution in [0.4, 0.5) is 0 Å². The minimum atomic E-state index is -1.13. The van der Waals surface area contributed by atoms with Gasteiger partial charge in [-0.15, -0.1) is 0 Å². The molecule has 0 aromatic heterocycles. The lowest BCUT2D eigenvalue weighted by Gasteiger charge is -2.39. The standard InChI is InChI=1S/C24H52N.C7H6O2/c1-5-9-13-17-21-25(22-18-14-10-6-2,23-19-15-11-7-3)24-20-16-12-8-4;8-7(9)6-4-2-1-3-5-6/h5-24H2,1-4H3;1-5H,(H,8,9)/q+1;/p-1. The van der Waals surface area contributed by atoms with Gasteiger partial charge in [-0.1, -0.05) is 109 Å². The molecule has 0 heterocycles. The van der Waals surface area contributed by atoms with E-state index in [0.717, 1.165) is 0 Å². The molecule has 0 unspecified atom stereocenters. The van der Waals surface area contributed by atoms with E-state index in [9.17, 15) is 9.90 Å². The van der Waals surface area contributed by atoms with Gasteiger partial charge in [0.1, 0.15) is 0 Å². The Hall–Kier alpha value is -1.35. The zero-order valence-electron chi connectivity index (χ0n) is 23.3. The van der Waals surface area contributed by atoms with Crippen LogP contribution in [0.1, 0.15) is 141 Å². The Labute approximate surface area is 212 Å². The molecule has 198 valence electrons. The number of unbranched alkanes of at least 4 members (excludes halogenated alkanes) is 12. The zero-order valence-corrected chi connectivity index (χ0v) is 23.3. The monoisotopic (exact) mass is 475 g/mol. The number of carboxylic acid groups (broad SMARTS) is 1. The zero-order chi connectivity index (χ0) is 25.3. The van der Waals surface area contributed by atoms with Crippen LogP contribution in [0, 0.1) is 0 Å². The lowest BCUT2D eigenvalue weighted by atomic mass is 10.1. The Morgan fingerprint density at radius 1 is 0.559 bits per heavy atom. The van der Waals surface area contributed by atoms with Gasteiger partial charge in [0, 0.05) is 0 Å². The summed E-state index contributed by atoms with van der Waals surface area (Å²) in [5.41, 5.74) is 0.220. The van der Waals surface area contributed by atoms with Crippen molar-refractivity contribution in [2.45, 2.75) is 130 Å². The number of carbonyl (C=O) groups excluding carboxylic acids is 1. The molecule has 0 amide bonds. The first-order valence-electron chi connectivity index (χ1n) is 14.7. The number of aromatic carboxylic acids is 1. The van der Waals surface area contributed by atoms with Gasteiger partial charge in [-0.25, -0.2) is 0 Å². The number of carboxylic acids is 1. The molecule has 0 N–H and O–H groups in total. The summed E-state index contributed by atoms with van der Waals surface area (Å²) in [5, 5.41) is 10.1. The lowest BCUT2D eigenvalue weighted by molar-refractivity contribution is -0.929. The molecule has 1 rings (SSSR count). The molecule has 0 aliphatic rings. The van der Waals surface area contributed by atoms with Gasteiger partial charge in [0.25, 0.3) is 0 Å². The van der Waals surface area contributed by atoms with Crippen LogP contribution in [0.5, 0.6) is 0 Å². The highest BCUT2D eigenvalue weighted by molar-refractivity contribution is 5.85. The molecule has 0 aliphatic carbocycles. The molecule has 0 saturated carbocycles. The van der Waals surface area contributed by atoms with Crippen LogP contribution in [-0.2, 0) is 0 Å². The highest BCUT2D eigenvalue weighted by atomic mass is 16.4. The normalized spacial score (nSPS) is 11.2. The molecule has 0 atom stereocenters. The van der Waals surface area contributed by atoms with Crippen molar-refractivity contribution in [3.05, 3.63) is 35.9 Å². The molecule has 0 fully saturated rings. The van der Waals surface area contributed by atoms with Gasteiger partial charge in [0.2, 0.25) is 0 Å².